The number of hydrogen-bond acceptors (Lipinski definition) is 7. The zero-order chi connectivity index (χ0) is 20.1. The van der Waals surface area contributed by atoms with Crippen LogP contribution in [-0.2, 0) is 17.8 Å². The molecule has 0 fully saturated rings. The predicted octanol–water partition coefficient (Wildman–Crippen LogP) is 0.951. The fourth-order valence-corrected chi connectivity index (χ4v) is 3.81. The van der Waals surface area contributed by atoms with Crippen molar-refractivity contribution in [3.8, 4) is 0 Å². The Bertz CT molecular complexity index is 886. The van der Waals surface area contributed by atoms with Gasteiger partial charge in [0.1, 0.15) is 11.6 Å². The monoisotopic (exact) mass is 422 g/mol. The highest BCUT2D eigenvalue weighted by Gasteiger charge is 2.21. The fraction of sp³-hybridized carbons (Fsp3) is 0.353. The molecule has 1 aliphatic heterocycles. The molecule has 3 N–H and O–H groups in total. The summed E-state index contributed by atoms with van der Waals surface area (Å²) in [4.78, 5) is 35.6. The molecule has 1 aliphatic rings. The molecule has 11 heteroatoms. The third-order valence-corrected chi connectivity index (χ3v) is 5.40. The molecule has 0 saturated heterocycles. The van der Waals surface area contributed by atoms with Crippen LogP contribution in [-0.4, -0.2) is 58.4 Å². The number of anilines is 1. The van der Waals surface area contributed by atoms with Crippen molar-refractivity contribution in [1.29, 1.82) is 0 Å². The Morgan fingerprint density at radius 2 is 2.11 bits per heavy atom. The second-order valence-corrected chi connectivity index (χ2v) is 7.70. The van der Waals surface area contributed by atoms with Crippen molar-refractivity contribution in [2.45, 2.75) is 13.0 Å². The first kappa shape index (κ1) is 20.2. The van der Waals surface area contributed by atoms with Crippen LogP contribution in [0.3, 0.4) is 0 Å². The minimum atomic E-state index is -0.558. The van der Waals surface area contributed by atoms with Gasteiger partial charge in [-0.3, -0.25) is 9.59 Å². The Labute approximate surface area is 170 Å². The van der Waals surface area contributed by atoms with Gasteiger partial charge in [0.15, 0.2) is 10.00 Å². The SMILES string of the molecule is CN1CCc2nc(C(=O)NCCNC(=S)C(=O)Nc3ccc(F)cn3)sc2C1. The molecule has 0 aromatic carbocycles. The molecule has 0 bridgehead atoms. The van der Waals surface area contributed by atoms with Crippen LogP contribution in [0, 0.1) is 5.82 Å². The van der Waals surface area contributed by atoms with Crippen LogP contribution in [0.1, 0.15) is 20.4 Å². The summed E-state index contributed by atoms with van der Waals surface area (Å²) in [5.41, 5.74) is 0.999. The number of fused-ring (bicyclic) bond motifs is 1. The van der Waals surface area contributed by atoms with Gasteiger partial charge in [-0.25, -0.2) is 14.4 Å². The second kappa shape index (κ2) is 9.13. The van der Waals surface area contributed by atoms with Crippen LogP contribution in [0.2, 0.25) is 0 Å². The average molecular weight is 423 g/mol. The first-order chi connectivity index (χ1) is 13.4. The van der Waals surface area contributed by atoms with Gasteiger partial charge in [0, 0.05) is 37.5 Å². The summed E-state index contributed by atoms with van der Waals surface area (Å²) in [5.74, 6) is -1.10. The van der Waals surface area contributed by atoms with Gasteiger partial charge in [-0.05, 0) is 19.2 Å². The molecule has 0 atom stereocenters. The highest BCUT2D eigenvalue weighted by Crippen LogP contribution is 2.24. The van der Waals surface area contributed by atoms with Crippen LogP contribution in [0.5, 0.6) is 0 Å². The smallest absolute Gasteiger partial charge is 0.284 e. The number of carbonyl (C=O) groups excluding carboxylic acids is 2. The molecule has 2 aromatic heterocycles. The third-order valence-electron chi connectivity index (χ3n) is 3.99. The maximum atomic E-state index is 12.8. The molecule has 3 heterocycles. The summed E-state index contributed by atoms with van der Waals surface area (Å²) in [6, 6.07) is 2.52. The van der Waals surface area contributed by atoms with Crippen molar-refractivity contribution in [1.82, 2.24) is 25.5 Å². The van der Waals surface area contributed by atoms with Gasteiger partial charge in [0.2, 0.25) is 0 Å². The van der Waals surface area contributed by atoms with Gasteiger partial charge in [-0.1, -0.05) is 12.2 Å². The van der Waals surface area contributed by atoms with E-state index >= 15 is 0 Å². The number of carbonyl (C=O) groups is 2. The number of halogens is 1. The number of rotatable bonds is 5. The van der Waals surface area contributed by atoms with E-state index in [-0.39, 0.29) is 29.8 Å². The number of likely N-dealkylation sites (N-methyl/N-ethyl adjacent to an activating group) is 1. The van der Waals surface area contributed by atoms with E-state index in [1.165, 1.54) is 23.5 Å². The molecule has 28 heavy (non-hydrogen) atoms. The van der Waals surface area contributed by atoms with E-state index in [0.717, 1.165) is 36.3 Å². The van der Waals surface area contributed by atoms with Gasteiger partial charge in [-0.15, -0.1) is 11.3 Å². The van der Waals surface area contributed by atoms with E-state index in [1.807, 2.05) is 7.05 Å². The molecule has 3 rings (SSSR count). The largest absolute Gasteiger partial charge is 0.370 e. The zero-order valence-corrected chi connectivity index (χ0v) is 16.8. The third kappa shape index (κ3) is 5.27. The standard InChI is InChI=1S/C17H19FN6O2S2/c1-24-7-4-11-12(9-24)28-17(22-11)15(26)19-5-6-20-16(27)14(25)23-13-3-2-10(18)8-21-13/h2-3,8H,4-7,9H2,1H3,(H,19,26)(H,20,27)(H,21,23,25). The van der Waals surface area contributed by atoms with E-state index in [9.17, 15) is 14.0 Å². The lowest BCUT2D eigenvalue weighted by molar-refractivity contribution is -0.110. The quantitative estimate of drug-likeness (QED) is 0.487. The number of amides is 2. The Morgan fingerprint density at radius 1 is 1.32 bits per heavy atom. The zero-order valence-electron chi connectivity index (χ0n) is 15.1. The van der Waals surface area contributed by atoms with Gasteiger partial charge in [-0.2, -0.15) is 0 Å². The topological polar surface area (TPSA) is 99.3 Å². The maximum absolute atomic E-state index is 12.8. The summed E-state index contributed by atoms with van der Waals surface area (Å²) in [6.07, 6.45) is 1.85. The van der Waals surface area contributed by atoms with Gasteiger partial charge < -0.3 is 20.9 Å². The van der Waals surface area contributed by atoms with E-state index in [0.29, 0.717) is 5.01 Å². The minimum Gasteiger partial charge on any atom is -0.370 e. The maximum Gasteiger partial charge on any atom is 0.284 e. The molecule has 2 amide bonds. The molecule has 2 aromatic rings. The normalized spacial score (nSPS) is 13.5. The number of aromatic nitrogens is 2. The Hall–Kier alpha value is -2.50. The van der Waals surface area contributed by atoms with Crippen LogP contribution in [0.15, 0.2) is 18.3 Å². The lowest BCUT2D eigenvalue weighted by atomic mass is 10.2. The van der Waals surface area contributed by atoms with Crippen LogP contribution in [0.4, 0.5) is 10.2 Å². The summed E-state index contributed by atoms with van der Waals surface area (Å²) in [7, 11) is 2.04. The molecule has 0 spiro atoms. The number of nitrogens with zero attached hydrogens (tertiary/aromatic N) is 3. The van der Waals surface area contributed by atoms with Crippen molar-refractivity contribution < 1.29 is 14.0 Å². The summed E-state index contributed by atoms with van der Waals surface area (Å²) >= 11 is 6.40. The van der Waals surface area contributed by atoms with Crippen molar-refractivity contribution in [3.05, 3.63) is 39.7 Å². The Morgan fingerprint density at radius 3 is 2.86 bits per heavy atom. The second-order valence-electron chi connectivity index (χ2n) is 6.20. The highest BCUT2D eigenvalue weighted by molar-refractivity contribution is 7.82. The van der Waals surface area contributed by atoms with Gasteiger partial charge in [0.25, 0.3) is 11.8 Å². The number of pyridine rings is 1. The van der Waals surface area contributed by atoms with Crippen molar-refractivity contribution in [2.24, 2.45) is 0 Å². The number of thiocarbonyl (C=S) groups is 1. The molecule has 0 radical (unpaired) electrons. The fourth-order valence-electron chi connectivity index (χ4n) is 2.55. The first-order valence-electron chi connectivity index (χ1n) is 8.58. The molecular weight excluding hydrogens is 403 g/mol. The van der Waals surface area contributed by atoms with E-state index in [1.54, 1.807) is 0 Å². The van der Waals surface area contributed by atoms with Crippen molar-refractivity contribution in [3.63, 3.8) is 0 Å². The van der Waals surface area contributed by atoms with E-state index < -0.39 is 11.7 Å². The average Bonchev–Trinajstić information content (AvgIpc) is 3.10. The van der Waals surface area contributed by atoms with Crippen molar-refractivity contribution >= 4 is 46.2 Å². The van der Waals surface area contributed by atoms with E-state index in [2.05, 4.69) is 30.8 Å². The van der Waals surface area contributed by atoms with Gasteiger partial charge >= 0.3 is 0 Å². The van der Waals surface area contributed by atoms with Crippen LogP contribution >= 0.6 is 23.6 Å². The highest BCUT2D eigenvalue weighted by atomic mass is 32.1. The summed E-state index contributed by atoms with van der Waals surface area (Å²) < 4.78 is 12.8. The molecule has 0 saturated carbocycles. The molecule has 0 aliphatic carbocycles. The molecule has 148 valence electrons. The van der Waals surface area contributed by atoms with E-state index in [4.69, 9.17) is 12.2 Å². The van der Waals surface area contributed by atoms with Crippen LogP contribution in [0.25, 0.3) is 0 Å². The van der Waals surface area contributed by atoms with Crippen LogP contribution < -0.4 is 16.0 Å². The van der Waals surface area contributed by atoms with Gasteiger partial charge in [0.05, 0.1) is 11.9 Å². The molecule has 8 nitrogen and oxygen atoms in total. The number of nitrogens with one attached hydrogen (secondary N) is 3. The minimum absolute atomic E-state index is 0.0480. The lowest BCUT2D eigenvalue weighted by Gasteiger charge is -2.20. The Kier molecular flexibility index (Phi) is 6.60. The number of thiazole rings is 1. The Balaban J connectivity index is 1.40. The molecular formula is C17H19FN6O2S2. The lowest BCUT2D eigenvalue weighted by Crippen LogP contribution is -2.39. The molecule has 0 unspecified atom stereocenters. The number of hydrogen-bond donors (Lipinski definition) is 3. The predicted molar refractivity (Wildman–Crippen MR) is 108 cm³/mol. The summed E-state index contributed by atoms with van der Waals surface area (Å²) in [5, 5.41) is 8.41. The first-order valence-corrected chi connectivity index (χ1v) is 9.81. The summed E-state index contributed by atoms with van der Waals surface area (Å²) in [6.45, 7) is 2.32. The van der Waals surface area contributed by atoms with Crippen molar-refractivity contribution in [2.75, 3.05) is 32.0 Å².